The molecule has 2 aliphatic heterocycles. The minimum absolute atomic E-state index is 0.0708. The first-order chi connectivity index (χ1) is 13.3. The molecule has 0 spiro atoms. The van der Waals surface area contributed by atoms with Gasteiger partial charge in [0, 0.05) is 35.4 Å². The molecule has 2 aliphatic rings. The van der Waals surface area contributed by atoms with Gasteiger partial charge in [-0.2, -0.15) is 0 Å². The van der Waals surface area contributed by atoms with Gasteiger partial charge >= 0.3 is 0 Å². The standard InChI is InChI=1S/C20H24ClN5O2/c1-10-8-11(2)23-18(27)15(10)9-22-19(28)16-12(3)17(25-20(21)24-16)26-13-4-5-14(26)7-6-13/h8,13-14H,4-7,9H2,1-3H3,(H,22,28)(H,23,27). The SMILES string of the molecule is Cc1cc(C)c(CNC(=O)c2nc(Cl)nc(N3C4CCC3CC4)c2C)c(=O)[nH]1. The molecule has 0 atom stereocenters. The molecular weight excluding hydrogens is 378 g/mol. The number of rotatable bonds is 4. The summed E-state index contributed by atoms with van der Waals surface area (Å²) in [5.41, 5.74) is 2.98. The molecular formula is C20H24ClN5O2. The lowest BCUT2D eigenvalue weighted by molar-refractivity contribution is 0.0945. The predicted molar refractivity (Wildman–Crippen MR) is 108 cm³/mol. The lowest BCUT2D eigenvalue weighted by Gasteiger charge is -2.25. The zero-order valence-corrected chi connectivity index (χ0v) is 17.1. The number of pyridine rings is 1. The Hall–Kier alpha value is -2.41. The Bertz CT molecular complexity index is 983. The fraction of sp³-hybridized carbons (Fsp3) is 0.500. The van der Waals surface area contributed by atoms with Crippen molar-refractivity contribution in [2.45, 2.75) is 65.1 Å². The van der Waals surface area contributed by atoms with E-state index < -0.39 is 0 Å². The summed E-state index contributed by atoms with van der Waals surface area (Å²) in [5, 5.41) is 2.88. The Morgan fingerprint density at radius 2 is 1.86 bits per heavy atom. The lowest BCUT2D eigenvalue weighted by Crippen LogP contribution is -2.32. The van der Waals surface area contributed by atoms with Crippen LogP contribution in [0.2, 0.25) is 5.28 Å². The van der Waals surface area contributed by atoms with Gasteiger partial charge in [0.1, 0.15) is 11.5 Å². The predicted octanol–water partition coefficient (Wildman–Crippen LogP) is 2.80. The number of halogens is 1. The van der Waals surface area contributed by atoms with E-state index in [0.29, 0.717) is 17.6 Å². The summed E-state index contributed by atoms with van der Waals surface area (Å²) in [5.74, 6) is 0.411. The van der Waals surface area contributed by atoms with Crippen molar-refractivity contribution in [3.8, 4) is 0 Å². The molecule has 4 heterocycles. The van der Waals surface area contributed by atoms with Crippen LogP contribution in [0.5, 0.6) is 0 Å². The maximum atomic E-state index is 12.8. The fourth-order valence-electron chi connectivity index (χ4n) is 4.56. The number of aromatic amines is 1. The van der Waals surface area contributed by atoms with Crippen molar-refractivity contribution < 1.29 is 4.79 Å². The van der Waals surface area contributed by atoms with E-state index in [9.17, 15) is 9.59 Å². The molecule has 2 saturated heterocycles. The topological polar surface area (TPSA) is 91.0 Å². The van der Waals surface area contributed by atoms with E-state index in [1.807, 2.05) is 26.8 Å². The average molecular weight is 402 g/mol. The smallest absolute Gasteiger partial charge is 0.270 e. The van der Waals surface area contributed by atoms with Crippen molar-refractivity contribution in [2.24, 2.45) is 0 Å². The van der Waals surface area contributed by atoms with Crippen molar-refractivity contribution in [1.29, 1.82) is 0 Å². The largest absolute Gasteiger partial charge is 0.350 e. The molecule has 0 aromatic carbocycles. The number of carbonyl (C=O) groups excluding carboxylic acids is 1. The number of aryl methyl sites for hydroxylation is 2. The number of fused-ring (bicyclic) bond motifs is 2. The fourth-order valence-corrected chi connectivity index (χ4v) is 4.73. The maximum absolute atomic E-state index is 12.8. The number of amides is 1. The van der Waals surface area contributed by atoms with Gasteiger partial charge in [-0.05, 0) is 69.7 Å². The van der Waals surface area contributed by atoms with E-state index >= 15 is 0 Å². The molecule has 0 saturated carbocycles. The Labute approximate surface area is 168 Å². The minimum Gasteiger partial charge on any atom is -0.350 e. The van der Waals surface area contributed by atoms with Gasteiger partial charge in [-0.25, -0.2) is 9.97 Å². The lowest BCUT2D eigenvalue weighted by atomic mass is 10.0. The molecule has 1 amide bonds. The van der Waals surface area contributed by atoms with E-state index in [1.165, 1.54) is 0 Å². The quantitative estimate of drug-likeness (QED) is 0.769. The van der Waals surface area contributed by atoms with Crippen LogP contribution in [0.4, 0.5) is 5.82 Å². The molecule has 148 valence electrons. The summed E-state index contributed by atoms with van der Waals surface area (Å²) >= 11 is 6.16. The summed E-state index contributed by atoms with van der Waals surface area (Å²) in [6, 6.07) is 2.83. The van der Waals surface area contributed by atoms with Crippen LogP contribution in [0.25, 0.3) is 0 Å². The second-order valence-electron chi connectivity index (χ2n) is 7.79. The Morgan fingerprint density at radius 1 is 1.21 bits per heavy atom. The summed E-state index contributed by atoms with van der Waals surface area (Å²) in [6.45, 7) is 5.68. The summed E-state index contributed by atoms with van der Waals surface area (Å²) < 4.78 is 0. The van der Waals surface area contributed by atoms with Gasteiger partial charge in [-0.1, -0.05) is 0 Å². The van der Waals surface area contributed by atoms with Crippen molar-refractivity contribution in [1.82, 2.24) is 20.3 Å². The van der Waals surface area contributed by atoms with Gasteiger partial charge in [0.05, 0.1) is 0 Å². The van der Waals surface area contributed by atoms with E-state index in [2.05, 4.69) is 25.2 Å². The summed E-state index contributed by atoms with van der Waals surface area (Å²) in [6.07, 6.45) is 4.62. The van der Waals surface area contributed by atoms with Gasteiger partial charge in [-0.3, -0.25) is 9.59 Å². The summed E-state index contributed by atoms with van der Waals surface area (Å²) in [4.78, 5) is 38.7. The van der Waals surface area contributed by atoms with Crippen LogP contribution >= 0.6 is 11.6 Å². The molecule has 8 heteroatoms. The highest BCUT2D eigenvalue weighted by Crippen LogP contribution is 2.41. The Kier molecular flexibility index (Phi) is 4.87. The van der Waals surface area contributed by atoms with E-state index in [4.69, 9.17) is 11.6 Å². The third-order valence-electron chi connectivity index (χ3n) is 5.93. The van der Waals surface area contributed by atoms with Crippen molar-refractivity contribution >= 4 is 23.3 Å². The van der Waals surface area contributed by atoms with Crippen LogP contribution in [0.3, 0.4) is 0 Å². The highest BCUT2D eigenvalue weighted by atomic mass is 35.5. The third-order valence-corrected chi connectivity index (χ3v) is 6.09. The van der Waals surface area contributed by atoms with Gasteiger partial charge in [0.15, 0.2) is 0 Å². The highest BCUT2D eigenvalue weighted by molar-refractivity contribution is 6.28. The van der Waals surface area contributed by atoms with Crippen LogP contribution in [-0.4, -0.2) is 32.9 Å². The maximum Gasteiger partial charge on any atom is 0.270 e. The number of hydrogen-bond donors (Lipinski definition) is 2. The molecule has 4 rings (SSSR count). The molecule has 2 fully saturated rings. The summed E-state index contributed by atoms with van der Waals surface area (Å²) in [7, 11) is 0. The van der Waals surface area contributed by atoms with Crippen LogP contribution < -0.4 is 15.8 Å². The normalized spacial score (nSPS) is 20.6. The number of nitrogens with one attached hydrogen (secondary N) is 2. The molecule has 2 bridgehead atoms. The Balaban J connectivity index is 1.59. The molecule has 2 N–H and O–H groups in total. The number of nitrogens with zero attached hydrogens (tertiary/aromatic N) is 3. The number of aromatic nitrogens is 3. The Morgan fingerprint density at radius 3 is 2.46 bits per heavy atom. The van der Waals surface area contributed by atoms with Gasteiger partial charge in [0.25, 0.3) is 11.5 Å². The zero-order chi connectivity index (χ0) is 20.0. The first-order valence-corrected chi connectivity index (χ1v) is 10.0. The van der Waals surface area contributed by atoms with Crippen LogP contribution in [0.1, 0.15) is 58.6 Å². The molecule has 7 nitrogen and oxygen atoms in total. The number of carbonyl (C=O) groups is 1. The second-order valence-corrected chi connectivity index (χ2v) is 8.12. The molecule has 28 heavy (non-hydrogen) atoms. The highest BCUT2D eigenvalue weighted by Gasteiger charge is 2.41. The molecule has 2 aromatic rings. The number of anilines is 1. The van der Waals surface area contributed by atoms with E-state index in [-0.39, 0.29) is 29.0 Å². The molecule has 0 radical (unpaired) electrons. The van der Waals surface area contributed by atoms with Crippen molar-refractivity contribution in [2.75, 3.05) is 4.90 Å². The van der Waals surface area contributed by atoms with E-state index in [0.717, 1.165) is 48.3 Å². The van der Waals surface area contributed by atoms with Crippen LogP contribution in [0, 0.1) is 20.8 Å². The van der Waals surface area contributed by atoms with Gasteiger partial charge < -0.3 is 15.2 Å². The molecule has 0 unspecified atom stereocenters. The van der Waals surface area contributed by atoms with Crippen LogP contribution in [-0.2, 0) is 6.54 Å². The monoisotopic (exact) mass is 401 g/mol. The first-order valence-electron chi connectivity index (χ1n) is 9.65. The number of H-pyrrole nitrogens is 1. The molecule has 0 aliphatic carbocycles. The minimum atomic E-state index is -0.353. The van der Waals surface area contributed by atoms with Gasteiger partial charge in [0.2, 0.25) is 5.28 Å². The molecule has 2 aromatic heterocycles. The first kappa shape index (κ1) is 18.9. The number of hydrogen-bond acceptors (Lipinski definition) is 5. The second kappa shape index (κ2) is 7.20. The van der Waals surface area contributed by atoms with Crippen molar-refractivity contribution in [3.63, 3.8) is 0 Å². The zero-order valence-electron chi connectivity index (χ0n) is 16.3. The van der Waals surface area contributed by atoms with Gasteiger partial charge in [-0.15, -0.1) is 0 Å². The van der Waals surface area contributed by atoms with Crippen molar-refractivity contribution in [3.05, 3.63) is 49.8 Å². The van der Waals surface area contributed by atoms with Crippen LogP contribution in [0.15, 0.2) is 10.9 Å². The van der Waals surface area contributed by atoms with E-state index in [1.54, 1.807) is 0 Å². The third kappa shape index (κ3) is 3.28. The average Bonchev–Trinajstić information content (AvgIpc) is 3.22.